The average Bonchev–Trinajstić information content (AvgIpc) is 3.02. The van der Waals surface area contributed by atoms with Crippen LogP contribution in [0.5, 0.6) is 5.75 Å². The van der Waals surface area contributed by atoms with Crippen LogP contribution in [-0.4, -0.2) is 14.2 Å². The fraction of sp³-hybridized carbons (Fsp3) is 0.0556. The lowest BCUT2D eigenvalue weighted by atomic mass is 10.0. The number of rotatable bonds is 7. The van der Waals surface area contributed by atoms with E-state index in [1.54, 1.807) is 7.11 Å². The minimum atomic E-state index is 0.845. The fourth-order valence-corrected chi connectivity index (χ4v) is 4.99. The number of nitrogens with zero attached hydrogens (tertiary/aromatic N) is 2. The van der Waals surface area contributed by atoms with Gasteiger partial charge in [0, 0.05) is 41.6 Å². The summed E-state index contributed by atoms with van der Waals surface area (Å²) in [4.78, 5) is 4.48. The number of ether oxygens (including phenoxy) is 1. The summed E-state index contributed by atoms with van der Waals surface area (Å²) in [6.45, 7) is 0. The van der Waals surface area contributed by atoms with Crippen LogP contribution in [0.1, 0.15) is 0 Å². The Morgan fingerprint density at radius 2 is 1.03 bits per heavy atom. The lowest BCUT2D eigenvalue weighted by Gasteiger charge is -2.27. The molecule has 6 aromatic carbocycles. The second-order valence-electron chi connectivity index (χ2n) is 9.56. The van der Waals surface area contributed by atoms with Crippen molar-refractivity contribution in [2.75, 3.05) is 24.0 Å². The van der Waals surface area contributed by atoms with Crippen LogP contribution >= 0.6 is 0 Å². The number of hydrogen-bond acceptors (Lipinski definition) is 3. The molecule has 0 aliphatic carbocycles. The van der Waals surface area contributed by atoms with Crippen molar-refractivity contribution in [3.8, 4) is 16.9 Å². The molecule has 39 heavy (non-hydrogen) atoms. The van der Waals surface area contributed by atoms with Crippen molar-refractivity contribution in [2.24, 2.45) is 0 Å². The van der Waals surface area contributed by atoms with Crippen molar-refractivity contribution in [1.29, 1.82) is 0 Å². The van der Waals surface area contributed by atoms with Gasteiger partial charge in [-0.2, -0.15) is 0 Å². The molecule has 0 aromatic heterocycles. The number of methoxy groups -OCH3 is 1. The Morgan fingerprint density at radius 1 is 0.436 bits per heavy atom. The summed E-state index contributed by atoms with van der Waals surface area (Å²) in [6.07, 6.45) is 0. The van der Waals surface area contributed by atoms with Crippen LogP contribution in [0.25, 0.3) is 21.9 Å². The first kappa shape index (κ1) is 24.3. The molecule has 0 atom stereocenters. The molecular formula is C36H30N2O. The molecule has 0 spiro atoms. The smallest absolute Gasteiger partial charge is 0.120 e. The Balaban J connectivity index is 1.39. The SMILES string of the molecule is COc1cccc(N(C)c2ccc(N(c3ccc(-c4ccccc4)cc3)c3ccc4ccccc4c3)cc2)c1. The first-order chi connectivity index (χ1) is 19.2. The minimum Gasteiger partial charge on any atom is -0.497 e. The summed E-state index contributed by atoms with van der Waals surface area (Å²) < 4.78 is 5.42. The van der Waals surface area contributed by atoms with E-state index >= 15 is 0 Å². The van der Waals surface area contributed by atoms with Gasteiger partial charge < -0.3 is 14.5 Å². The van der Waals surface area contributed by atoms with Gasteiger partial charge in [0.05, 0.1) is 7.11 Å². The molecule has 6 aromatic rings. The number of benzene rings is 6. The number of fused-ring (bicyclic) bond motifs is 1. The number of anilines is 5. The first-order valence-electron chi connectivity index (χ1n) is 13.1. The zero-order chi connectivity index (χ0) is 26.6. The lowest BCUT2D eigenvalue weighted by molar-refractivity contribution is 0.415. The predicted octanol–water partition coefficient (Wildman–Crippen LogP) is 9.75. The molecule has 3 nitrogen and oxygen atoms in total. The second kappa shape index (κ2) is 10.8. The van der Waals surface area contributed by atoms with Gasteiger partial charge in [0.1, 0.15) is 5.75 Å². The van der Waals surface area contributed by atoms with Crippen LogP contribution in [-0.2, 0) is 0 Å². The summed E-state index contributed by atoms with van der Waals surface area (Å²) in [5, 5.41) is 2.45. The van der Waals surface area contributed by atoms with Crippen molar-refractivity contribution in [1.82, 2.24) is 0 Å². The van der Waals surface area contributed by atoms with Crippen molar-refractivity contribution in [3.05, 3.63) is 146 Å². The van der Waals surface area contributed by atoms with Gasteiger partial charge in [-0.3, -0.25) is 0 Å². The lowest BCUT2D eigenvalue weighted by Crippen LogP contribution is -2.12. The third-order valence-corrected chi connectivity index (χ3v) is 7.16. The second-order valence-corrected chi connectivity index (χ2v) is 9.56. The van der Waals surface area contributed by atoms with Gasteiger partial charge >= 0.3 is 0 Å². The van der Waals surface area contributed by atoms with Crippen LogP contribution in [0.15, 0.2) is 146 Å². The monoisotopic (exact) mass is 506 g/mol. The highest BCUT2D eigenvalue weighted by atomic mass is 16.5. The van der Waals surface area contributed by atoms with E-state index < -0.39 is 0 Å². The highest BCUT2D eigenvalue weighted by Crippen LogP contribution is 2.38. The van der Waals surface area contributed by atoms with E-state index in [0.717, 1.165) is 34.2 Å². The molecule has 0 amide bonds. The van der Waals surface area contributed by atoms with Crippen molar-refractivity contribution < 1.29 is 4.74 Å². The molecule has 190 valence electrons. The Morgan fingerprint density at radius 3 is 1.74 bits per heavy atom. The molecule has 0 bridgehead atoms. The van der Waals surface area contributed by atoms with Gasteiger partial charge in [-0.15, -0.1) is 0 Å². The van der Waals surface area contributed by atoms with Crippen LogP contribution in [0.2, 0.25) is 0 Å². The molecule has 0 aliphatic heterocycles. The molecule has 0 N–H and O–H groups in total. The maximum absolute atomic E-state index is 5.42. The number of hydrogen-bond donors (Lipinski definition) is 0. The van der Waals surface area contributed by atoms with Crippen LogP contribution < -0.4 is 14.5 Å². The van der Waals surface area contributed by atoms with Gasteiger partial charge in [-0.25, -0.2) is 0 Å². The Kier molecular flexibility index (Phi) is 6.71. The zero-order valence-electron chi connectivity index (χ0n) is 22.2. The molecule has 0 unspecified atom stereocenters. The van der Waals surface area contributed by atoms with E-state index in [4.69, 9.17) is 4.74 Å². The molecule has 0 aliphatic rings. The third kappa shape index (κ3) is 5.07. The van der Waals surface area contributed by atoms with Gasteiger partial charge in [0.15, 0.2) is 0 Å². The Bertz CT molecular complexity index is 1690. The van der Waals surface area contributed by atoms with E-state index in [9.17, 15) is 0 Å². The molecule has 0 radical (unpaired) electrons. The summed E-state index contributed by atoms with van der Waals surface area (Å²) in [5.74, 6) is 0.845. The first-order valence-corrected chi connectivity index (χ1v) is 13.1. The van der Waals surface area contributed by atoms with Crippen molar-refractivity contribution >= 4 is 39.2 Å². The van der Waals surface area contributed by atoms with E-state index in [0.29, 0.717) is 0 Å². The predicted molar refractivity (Wildman–Crippen MR) is 165 cm³/mol. The maximum Gasteiger partial charge on any atom is 0.120 e. The van der Waals surface area contributed by atoms with Gasteiger partial charge in [0.25, 0.3) is 0 Å². The quantitative estimate of drug-likeness (QED) is 0.214. The average molecular weight is 507 g/mol. The molecule has 3 heteroatoms. The van der Waals surface area contributed by atoms with E-state index in [-0.39, 0.29) is 0 Å². The highest BCUT2D eigenvalue weighted by Gasteiger charge is 2.14. The van der Waals surface area contributed by atoms with E-state index in [1.165, 1.54) is 21.9 Å². The topological polar surface area (TPSA) is 15.7 Å². The fourth-order valence-electron chi connectivity index (χ4n) is 4.99. The minimum absolute atomic E-state index is 0.845. The highest BCUT2D eigenvalue weighted by molar-refractivity contribution is 5.89. The summed E-state index contributed by atoms with van der Waals surface area (Å²) in [7, 11) is 3.77. The van der Waals surface area contributed by atoms with E-state index in [2.05, 4.69) is 144 Å². The standard InChI is InChI=1S/C36H30N2O/c1-37(34-13-8-14-36(26-34)39-2)31-21-23-33(24-22-31)38(35-20-17-28-11-6-7-12-30(28)25-35)32-18-15-29(16-19-32)27-9-4-3-5-10-27/h3-26H,1-2H3. The molecule has 0 saturated heterocycles. The summed E-state index contributed by atoms with van der Waals surface area (Å²) in [6, 6.07) is 51.3. The molecule has 0 heterocycles. The summed E-state index contributed by atoms with van der Waals surface area (Å²) >= 11 is 0. The maximum atomic E-state index is 5.42. The largest absolute Gasteiger partial charge is 0.497 e. The van der Waals surface area contributed by atoms with Crippen molar-refractivity contribution in [3.63, 3.8) is 0 Å². The molecule has 0 saturated carbocycles. The van der Waals surface area contributed by atoms with Gasteiger partial charge in [0.2, 0.25) is 0 Å². The normalized spacial score (nSPS) is 10.8. The molecule has 0 fully saturated rings. The van der Waals surface area contributed by atoms with Crippen LogP contribution in [0, 0.1) is 0 Å². The Hall–Kier alpha value is -5.02. The zero-order valence-corrected chi connectivity index (χ0v) is 22.2. The van der Waals surface area contributed by atoms with Gasteiger partial charge in [-0.05, 0) is 82.6 Å². The molecular weight excluding hydrogens is 476 g/mol. The van der Waals surface area contributed by atoms with Crippen LogP contribution in [0.3, 0.4) is 0 Å². The summed E-state index contributed by atoms with van der Waals surface area (Å²) in [5.41, 5.74) is 7.92. The Labute approximate surface area is 230 Å². The third-order valence-electron chi connectivity index (χ3n) is 7.16. The van der Waals surface area contributed by atoms with Crippen LogP contribution in [0.4, 0.5) is 28.4 Å². The molecule has 6 rings (SSSR count). The van der Waals surface area contributed by atoms with Gasteiger partial charge in [-0.1, -0.05) is 78.9 Å². The van der Waals surface area contributed by atoms with E-state index in [1.807, 2.05) is 18.2 Å². The van der Waals surface area contributed by atoms with Crippen molar-refractivity contribution in [2.45, 2.75) is 0 Å².